The van der Waals surface area contributed by atoms with E-state index in [-0.39, 0.29) is 0 Å². The van der Waals surface area contributed by atoms with E-state index in [1.807, 2.05) is 12.3 Å². The van der Waals surface area contributed by atoms with Gasteiger partial charge in [0.2, 0.25) is 5.95 Å². The van der Waals surface area contributed by atoms with Gasteiger partial charge >= 0.3 is 0 Å². The fourth-order valence-electron chi connectivity index (χ4n) is 2.29. The van der Waals surface area contributed by atoms with Crippen LogP contribution in [0.5, 0.6) is 0 Å². The first-order valence-corrected chi connectivity index (χ1v) is 6.95. The Labute approximate surface area is 118 Å². The molecule has 3 heterocycles. The van der Waals surface area contributed by atoms with Crippen molar-refractivity contribution >= 4 is 11.8 Å². The quantitative estimate of drug-likeness (QED) is 0.913. The van der Waals surface area contributed by atoms with Gasteiger partial charge in [0.25, 0.3) is 0 Å². The van der Waals surface area contributed by atoms with Gasteiger partial charge in [-0.2, -0.15) is 4.98 Å². The Balaban J connectivity index is 1.82. The minimum absolute atomic E-state index is 0.736. The number of nitrogens with one attached hydrogen (secondary N) is 1. The number of fused-ring (bicyclic) bond motifs is 1. The summed E-state index contributed by atoms with van der Waals surface area (Å²) >= 11 is 0. The van der Waals surface area contributed by atoms with Crippen LogP contribution in [-0.2, 0) is 19.5 Å². The zero-order chi connectivity index (χ0) is 13.9. The standard InChI is InChI=1S/C14H18N6/c1-3-12-17-7-10-8-20(9-11(10)18-12)14-16-6-5-13(19-14)15-4-2/h5-7H,3-4,8-9H2,1-2H3,(H,15,16,19). The highest BCUT2D eigenvalue weighted by molar-refractivity contribution is 5.44. The highest BCUT2D eigenvalue weighted by Gasteiger charge is 2.23. The molecule has 0 fully saturated rings. The number of hydrogen-bond acceptors (Lipinski definition) is 6. The summed E-state index contributed by atoms with van der Waals surface area (Å²) in [5.74, 6) is 2.49. The maximum atomic E-state index is 4.58. The van der Waals surface area contributed by atoms with E-state index in [1.54, 1.807) is 6.20 Å². The number of nitrogens with zero attached hydrogens (tertiary/aromatic N) is 5. The van der Waals surface area contributed by atoms with Crippen LogP contribution in [0.3, 0.4) is 0 Å². The van der Waals surface area contributed by atoms with Crippen molar-refractivity contribution in [1.82, 2.24) is 19.9 Å². The van der Waals surface area contributed by atoms with Crippen LogP contribution in [0.4, 0.5) is 11.8 Å². The lowest BCUT2D eigenvalue weighted by Gasteiger charge is -2.15. The van der Waals surface area contributed by atoms with Crippen LogP contribution >= 0.6 is 0 Å². The van der Waals surface area contributed by atoms with Crippen LogP contribution in [0.1, 0.15) is 30.9 Å². The third-order valence-corrected chi connectivity index (χ3v) is 3.31. The summed E-state index contributed by atoms with van der Waals surface area (Å²) in [6.07, 6.45) is 4.57. The largest absolute Gasteiger partial charge is 0.370 e. The molecule has 1 aliphatic rings. The van der Waals surface area contributed by atoms with Crippen LogP contribution in [-0.4, -0.2) is 26.5 Å². The van der Waals surface area contributed by atoms with Crippen LogP contribution in [0.25, 0.3) is 0 Å². The van der Waals surface area contributed by atoms with E-state index < -0.39 is 0 Å². The molecule has 0 amide bonds. The van der Waals surface area contributed by atoms with Crippen molar-refractivity contribution in [3.8, 4) is 0 Å². The van der Waals surface area contributed by atoms with Crippen molar-refractivity contribution in [2.24, 2.45) is 0 Å². The molecule has 0 aliphatic carbocycles. The highest BCUT2D eigenvalue weighted by atomic mass is 15.3. The van der Waals surface area contributed by atoms with Gasteiger partial charge < -0.3 is 10.2 Å². The molecule has 0 bridgehead atoms. The van der Waals surface area contributed by atoms with Gasteiger partial charge in [-0.15, -0.1) is 0 Å². The minimum atomic E-state index is 0.736. The predicted molar refractivity (Wildman–Crippen MR) is 77.5 cm³/mol. The van der Waals surface area contributed by atoms with Crippen molar-refractivity contribution in [2.45, 2.75) is 33.4 Å². The molecule has 0 saturated carbocycles. The van der Waals surface area contributed by atoms with Crippen molar-refractivity contribution in [2.75, 3.05) is 16.8 Å². The van der Waals surface area contributed by atoms with E-state index in [0.717, 1.165) is 49.3 Å². The molecule has 1 N–H and O–H groups in total. The molecule has 2 aromatic heterocycles. The SMILES string of the molecule is CCNc1ccnc(N2Cc3cnc(CC)nc3C2)n1. The smallest absolute Gasteiger partial charge is 0.227 e. The van der Waals surface area contributed by atoms with Gasteiger partial charge in [0.05, 0.1) is 12.2 Å². The zero-order valence-electron chi connectivity index (χ0n) is 11.8. The average Bonchev–Trinajstić information content (AvgIpc) is 2.90. The first kappa shape index (κ1) is 12.8. The Morgan fingerprint density at radius 1 is 1.20 bits per heavy atom. The summed E-state index contributed by atoms with van der Waals surface area (Å²) in [6.45, 7) is 6.49. The van der Waals surface area contributed by atoms with Gasteiger partial charge in [-0.1, -0.05) is 6.92 Å². The molecular formula is C14H18N6. The second kappa shape index (κ2) is 5.40. The lowest BCUT2D eigenvalue weighted by atomic mass is 10.3. The Bertz CT molecular complexity index is 612. The number of aromatic nitrogens is 4. The Kier molecular flexibility index (Phi) is 3.45. The second-order valence-corrected chi connectivity index (χ2v) is 4.74. The third-order valence-electron chi connectivity index (χ3n) is 3.31. The van der Waals surface area contributed by atoms with E-state index in [1.165, 1.54) is 5.56 Å². The first-order chi connectivity index (χ1) is 9.80. The van der Waals surface area contributed by atoms with Crippen molar-refractivity contribution < 1.29 is 0 Å². The molecule has 1 aliphatic heterocycles. The molecule has 0 spiro atoms. The van der Waals surface area contributed by atoms with Crippen molar-refractivity contribution in [3.63, 3.8) is 0 Å². The van der Waals surface area contributed by atoms with Gasteiger partial charge in [0, 0.05) is 37.5 Å². The zero-order valence-corrected chi connectivity index (χ0v) is 11.8. The number of rotatable bonds is 4. The maximum absolute atomic E-state index is 4.58. The Hall–Kier alpha value is -2.24. The molecule has 104 valence electrons. The van der Waals surface area contributed by atoms with Gasteiger partial charge in [0.1, 0.15) is 11.6 Å². The molecular weight excluding hydrogens is 252 g/mol. The number of hydrogen-bond donors (Lipinski definition) is 1. The summed E-state index contributed by atoms with van der Waals surface area (Å²) in [7, 11) is 0. The van der Waals surface area contributed by atoms with Crippen LogP contribution < -0.4 is 10.2 Å². The molecule has 6 heteroatoms. The topological polar surface area (TPSA) is 66.8 Å². The molecule has 0 radical (unpaired) electrons. The molecule has 3 rings (SSSR count). The first-order valence-electron chi connectivity index (χ1n) is 6.95. The summed E-state index contributed by atoms with van der Waals surface area (Å²) < 4.78 is 0. The van der Waals surface area contributed by atoms with Crippen LogP contribution in [0, 0.1) is 0 Å². The molecule has 0 unspecified atom stereocenters. The molecule has 6 nitrogen and oxygen atoms in total. The highest BCUT2D eigenvalue weighted by Crippen LogP contribution is 2.24. The number of aryl methyl sites for hydroxylation is 1. The van der Waals surface area contributed by atoms with Gasteiger partial charge in [-0.3, -0.25) is 0 Å². The van der Waals surface area contributed by atoms with E-state index in [0.29, 0.717) is 0 Å². The van der Waals surface area contributed by atoms with Gasteiger partial charge in [-0.25, -0.2) is 15.0 Å². The third kappa shape index (κ3) is 2.41. The van der Waals surface area contributed by atoms with Gasteiger partial charge in [0.15, 0.2) is 0 Å². The number of anilines is 2. The lowest BCUT2D eigenvalue weighted by molar-refractivity contribution is 0.817. The van der Waals surface area contributed by atoms with Crippen LogP contribution in [0.2, 0.25) is 0 Å². The normalized spacial score (nSPS) is 13.4. The second-order valence-electron chi connectivity index (χ2n) is 4.74. The van der Waals surface area contributed by atoms with Crippen LogP contribution in [0.15, 0.2) is 18.5 Å². The average molecular weight is 270 g/mol. The summed E-state index contributed by atoms with van der Waals surface area (Å²) in [6, 6.07) is 1.88. The summed E-state index contributed by atoms with van der Waals surface area (Å²) in [5.41, 5.74) is 2.26. The Morgan fingerprint density at radius 2 is 2.10 bits per heavy atom. The van der Waals surface area contributed by atoms with E-state index in [4.69, 9.17) is 0 Å². The van der Waals surface area contributed by atoms with Gasteiger partial charge in [-0.05, 0) is 13.0 Å². The monoisotopic (exact) mass is 270 g/mol. The molecule has 0 saturated heterocycles. The summed E-state index contributed by atoms with van der Waals surface area (Å²) in [5, 5.41) is 3.21. The molecule has 2 aromatic rings. The van der Waals surface area contributed by atoms with Crippen molar-refractivity contribution in [1.29, 1.82) is 0 Å². The Morgan fingerprint density at radius 3 is 2.90 bits per heavy atom. The molecule has 0 atom stereocenters. The molecule has 0 aromatic carbocycles. The maximum Gasteiger partial charge on any atom is 0.227 e. The van der Waals surface area contributed by atoms with Crippen molar-refractivity contribution in [3.05, 3.63) is 35.5 Å². The minimum Gasteiger partial charge on any atom is -0.370 e. The van der Waals surface area contributed by atoms with E-state index in [2.05, 4.69) is 44.0 Å². The predicted octanol–water partition coefficient (Wildman–Crippen LogP) is 1.78. The summed E-state index contributed by atoms with van der Waals surface area (Å²) in [4.78, 5) is 19.9. The lowest BCUT2D eigenvalue weighted by Crippen LogP contribution is -2.18. The van der Waals surface area contributed by atoms with E-state index >= 15 is 0 Å². The fourth-order valence-corrected chi connectivity index (χ4v) is 2.29. The molecule has 20 heavy (non-hydrogen) atoms. The fraction of sp³-hybridized carbons (Fsp3) is 0.429. The van der Waals surface area contributed by atoms with E-state index in [9.17, 15) is 0 Å².